The zero-order valence-electron chi connectivity index (χ0n) is 17.5. The Kier molecular flexibility index (Phi) is 5.35. The molecule has 2 aromatic carbocycles. The van der Waals surface area contributed by atoms with Crippen molar-refractivity contribution in [3.63, 3.8) is 0 Å². The first-order valence-corrected chi connectivity index (χ1v) is 10.7. The molecule has 0 radical (unpaired) electrons. The van der Waals surface area contributed by atoms with Gasteiger partial charge in [0.25, 0.3) is 0 Å². The van der Waals surface area contributed by atoms with Crippen LogP contribution in [0.15, 0.2) is 61.6 Å². The van der Waals surface area contributed by atoms with Gasteiger partial charge in [-0.25, -0.2) is 14.2 Å². The fourth-order valence-corrected chi connectivity index (χ4v) is 4.14. The summed E-state index contributed by atoms with van der Waals surface area (Å²) in [6.07, 6.45) is 0.267. The summed E-state index contributed by atoms with van der Waals surface area (Å²) >= 11 is 1.35. The molecule has 0 aliphatic rings. The highest BCUT2D eigenvalue weighted by Crippen LogP contribution is 2.29. The maximum Gasteiger partial charge on any atom is 0.345 e. The van der Waals surface area contributed by atoms with Crippen LogP contribution < -0.4 is 15.1 Å². The predicted molar refractivity (Wildman–Crippen MR) is 119 cm³/mol. The topological polar surface area (TPSA) is 100 Å². The average Bonchev–Trinajstić information content (AvgIpc) is 3.48. The number of ether oxygens (including phenoxy) is 2. The third kappa shape index (κ3) is 3.96. The Labute approximate surface area is 190 Å². The lowest BCUT2D eigenvalue weighted by Crippen LogP contribution is -2.03. The van der Waals surface area contributed by atoms with E-state index in [-0.39, 0.29) is 18.0 Å². The minimum Gasteiger partial charge on any atom is -0.494 e. The van der Waals surface area contributed by atoms with Gasteiger partial charge in [0, 0.05) is 16.3 Å². The molecule has 0 N–H and O–H groups in total. The van der Waals surface area contributed by atoms with Crippen LogP contribution in [-0.4, -0.2) is 29.3 Å². The molecule has 8 nitrogen and oxygen atoms in total. The Morgan fingerprint density at radius 3 is 2.70 bits per heavy atom. The number of benzene rings is 2. The van der Waals surface area contributed by atoms with Crippen LogP contribution in [0.4, 0.5) is 4.39 Å². The first-order valence-electron chi connectivity index (χ1n) is 9.78. The molecule has 0 aliphatic carbocycles. The highest BCUT2D eigenvalue weighted by Gasteiger charge is 2.16. The number of methoxy groups -OCH3 is 2. The standard InChI is InChI=1S/C23H16FN3O5S/c1-29-17-7-6-13(9-15(17)24)22-26-19(32-27-22)10-20-25-16(11-33-20)14-8-12-4-3-5-18(30-2)21(12)31-23(14)28/h3-9,11H,10H2,1-2H3. The molecule has 0 fully saturated rings. The smallest absolute Gasteiger partial charge is 0.345 e. The number of thiazole rings is 1. The Morgan fingerprint density at radius 1 is 1.06 bits per heavy atom. The van der Waals surface area contributed by atoms with Crippen LogP contribution >= 0.6 is 11.3 Å². The van der Waals surface area contributed by atoms with E-state index in [9.17, 15) is 9.18 Å². The molecule has 0 spiro atoms. The molecule has 10 heteroatoms. The van der Waals surface area contributed by atoms with Crippen molar-refractivity contribution >= 4 is 22.3 Å². The van der Waals surface area contributed by atoms with E-state index in [4.69, 9.17) is 18.4 Å². The second-order valence-electron chi connectivity index (χ2n) is 6.99. The second kappa shape index (κ2) is 8.47. The van der Waals surface area contributed by atoms with Crippen molar-refractivity contribution in [2.24, 2.45) is 0 Å². The summed E-state index contributed by atoms with van der Waals surface area (Å²) in [5, 5.41) is 7.08. The van der Waals surface area contributed by atoms with Crippen LogP contribution in [0.25, 0.3) is 33.6 Å². The highest BCUT2D eigenvalue weighted by molar-refractivity contribution is 7.10. The van der Waals surface area contributed by atoms with Crippen molar-refractivity contribution in [2.75, 3.05) is 14.2 Å². The van der Waals surface area contributed by atoms with Gasteiger partial charge < -0.3 is 18.4 Å². The maximum atomic E-state index is 14.0. The Bertz CT molecular complexity index is 1520. The van der Waals surface area contributed by atoms with E-state index in [0.29, 0.717) is 39.1 Å². The summed E-state index contributed by atoms with van der Waals surface area (Å²) in [7, 11) is 2.91. The fraction of sp³-hybridized carbons (Fsp3) is 0.130. The van der Waals surface area contributed by atoms with E-state index in [2.05, 4.69) is 15.1 Å². The summed E-state index contributed by atoms with van der Waals surface area (Å²) in [5.41, 5.74) is 1.18. The first kappa shape index (κ1) is 20.8. The summed E-state index contributed by atoms with van der Waals surface area (Å²) < 4.78 is 34.9. The highest BCUT2D eigenvalue weighted by atomic mass is 32.1. The van der Waals surface area contributed by atoms with Gasteiger partial charge in [-0.1, -0.05) is 17.3 Å². The number of fused-ring (bicyclic) bond motifs is 1. The van der Waals surface area contributed by atoms with E-state index in [1.807, 2.05) is 12.1 Å². The number of rotatable bonds is 6. The number of para-hydroxylation sites is 1. The molecule has 0 atom stereocenters. The zero-order chi connectivity index (χ0) is 22.9. The molecule has 0 saturated heterocycles. The van der Waals surface area contributed by atoms with Crippen LogP contribution in [0, 0.1) is 5.82 Å². The minimum absolute atomic E-state index is 0.134. The maximum absolute atomic E-state index is 14.0. The third-order valence-corrected chi connectivity index (χ3v) is 5.80. The van der Waals surface area contributed by atoms with Gasteiger partial charge in [0.2, 0.25) is 11.7 Å². The molecule has 33 heavy (non-hydrogen) atoms. The lowest BCUT2D eigenvalue weighted by molar-refractivity contribution is 0.384. The molecule has 0 aliphatic heterocycles. The Morgan fingerprint density at radius 2 is 1.91 bits per heavy atom. The molecule has 5 aromatic rings. The zero-order valence-corrected chi connectivity index (χ0v) is 18.3. The van der Waals surface area contributed by atoms with Gasteiger partial charge in [-0.3, -0.25) is 0 Å². The normalized spacial score (nSPS) is 11.1. The Balaban J connectivity index is 1.40. The van der Waals surface area contributed by atoms with Crippen molar-refractivity contribution in [3.8, 4) is 34.1 Å². The average molecular weight is 465 g/mol. The molecule has 3 aromatic heterocycles. The van der Waals surface area contributed by atoms with Gasteiger partial charge in [-0.15, -0.1) is 11.3 Å². The molecule has 0 bridgehead atoms. The summed E-state index contributed by atoms with van der Waals surface area (Å²) in [6, 6.07) is 11.5. The van der Waals surface area contributed by atoms with Crippen molar-refractivity contribution in [3.05, 3.63) is 75.0 Å². The van der Waals surface area contributed by atoms with Gasteiger partial charge in [-0.05, 0) is 30.3 Å². The third-order valence-electron chi connectivity index (χ3n) is 4.95. The molecule has 5 rings (SSSR count). The van der Waals surface area contributed by atoms with Crippen molar-refractivity contribution in [1.29, 1.82) is 0 Å². The quantitative estimate of drug-likeness (QED) is 0.332. The molecule has 0 amide bonds. The van der Waals surface area contributed by atoms with E-state index in [1.54, 1.807) is 23.6 Å². The van der Waals surface area contributed by atoms with Crippen LogP contribution in [-0.2, 0) is 6.42 Å². The Hall–Kier alpha value is -4.05. The molecule has 0 unspecified atom stereocenters. The van der Waals surface area contributed by atoms with Gasteiger partial charge in [0.15, 0.2) is 22.9 Å². The van der Waals surface area contributed by atoms with E-state index < -0.39 is 11.4 Å². The molecular formula is C23H16FN3O5S. The summed E-state index contributed by atoms with van der Waals surface area (Å²) in [6.45, 7) is 0. The van der Waals surface area contributed by atoms with Crippen LogP contribution in [0.1, 0.15) is 10.9 Å². The van der Waals surface area contributed by atoms with Gasteiger partial charge in [0.1, 0.15) is 5.01 Å². The molecule has 3 heterocycles. The summed E-state index contributed by atoms with van der Waals surface area (Å²) in [5.74, 6) is 0.677. The largest absolute Gasteiger partial charge is 0.494 e. The van der Waals surface area contributed by atoms with Gasteiger partial charge in [-0.2, -0.15) is 4.98 Å². The van der Waals surface area contributed by atoms with Gasteiger partial charge >= 0.3 is 5.63 Å². The summed E-state index contributed by atoms with van der Waals surface area (Å²) in [4.78, 5) is 21.4. The fourth-order valence-electron chi connectivity index (χ4n) is 3.35. The van der Waals surface area contributed by atoms with E-state index >= 15 is 0 Å². The minimum atomic E-state index is -0.516. The monoisotopic (exact) mass is 465 g/mol. The van der Waals surface area contributed by atoms with Crippen molar-refractivity contribution < 1.29 is 22.8 Å². The molecule has 166 valence electrons. The van der Waals surface area contributed by atoms with Crippen molar-refractivity contribution in [2.45, 2.75) is 6.42 Å². The van der Waals surface area contributed by atoms with Gasteiger partial charge in [0.05, 0.1) is 31.9 Å². The predicted octanol–water partition coefficient (Wildman–Crippen LogP) is 4.71. The van der Waals surface area contributed by atoms with Crippen LogP contribution in [0.5, 0.6) is 11.5 Å². The number of halogens is 1. The molecule has 0 saturated carbocycles. The van der Waals surface area contributed by atoms with Crippen LogP contribution in [0.2, 0.25) is 0 Å². The van der Waals surface area contributed by atoms with E-state index in [1.165, 1.54) is 37.7 Å². The van der Waals surface area contributed by atoms with Crippen molar-refractivity contribution in [1.82, 2.24) is 15.1 Å². The SMILES string of the molecule is COc1ccc(-c2noc(Cc3nc(-c4cc5cccc(OC)c5oc4=O)cs3)n2)cc1F. The lowest BCUT2D eigenvalue weighted by Gasteiger charge is -2.04. The first-order chi connectivity index (χ1) is 16.1. The molecular weight excluding hydrogens is 449 g/mol. The van der Waals surface area contributed by atoms with Crippen LogP contribution in [0.3, 0.4) is 0 Å². The number of hydrogen-bond donors (Lipinski definition) is 0. The number of hydrogen-bond acceptors (Lipinski definition) is 9. The lowest BCUT2D eigenvalue weighted by atomic mass is 10.1. The number of nitrogens with zero attached hydrogens (tertiary/aromatic N) is 3. The van der Waals surface area contributed by atoms with E-state index in [0.717, 1.165) is 5.39 Å². The second-order valence-corrected chi connectivity index (χ2v) is 7.93. The number of aromatic nitrogens is 3.